The molecule has 0 fully saturated rings. The lowest BCUT2D eigenvalue weighted by Gasteiger charge is -2.46. The first kappa shape index (κ1) is 40.5. The fourth-order valence-corrected chi connectivity index (χ4v) is 12.0. The van der Waals surface area contributed by atoms with E-state index in [0.29, 0.717) is 34.6 Å². The normalized spacial score (nSPS) is 13.9. The van der Waals surface area contributed by atoms with Gasteiger partial charge in [-0.2, -0.15) is 0 Å². The summed E-state index contributed by atoms with van der Waals surface area (Å²) >= 11 is 0. The Bertz CT molecular complexity index is 4270. The maximum Gasteiger partial charge on any atom is 0.180 e. The number of furan rings is 2. The van der Waals surface area contributed by atoms with Gasteiger partial charge in [-0.1, -0.05) is 190 Å². The Morgan fingerprint density at radius 1 is 0.333 bits per heavy atom. The zero-order valence-corrected chi connectivity index (χ0v) is 39.3. The summed E-state index contributed by atoms with van der Waals surface area (Å²) in [7, 11) is 0. The average Bonchev–Trinajstić information content (AvgIpc) is 4.11. The summed E-state index contributed by atoms with van der Waals surface area (Å²) in [6, 6.07) is 74.4. The Morgan fingerprint density at radius 3 is 1.57 bits per heavy atom. The zero-order chi connectivity index (χ0) is 47.7. The first-order valence-corrected chi connectivity index (χ1v) is 24.4. The Labute approximate surface area is 414 Å². The van der Waals surface area contributed by atoms with Gasteiger partial charge in [-0.15, -0.1) is 0 Å². The molecule has 0 amide bonds. The fourth-order valence-electron chi connectivity index (χ4n) is 12.0. The number of aromatic nitrogens is 5. The molecule has 72 heavy (non-hydrogen) atoms. The molecule has 7 heteroatoms. The lowest BCUT2D eigenvalue weighted by molar-refractivity contribution is 0.563. The smallest absolute Gasteiger partial charge is 0.180 e. The van der Waals surface area contributed by atoms with Crippen molar-refractivity contribution in [3.8, 4) is 67.9 Å². The maximum atomic E-state index is 6.65. The van der Waals surface area contributed by atoms with Crippen molar-refractivity contribution >= 4 is 44.0 Å². The van der Waals surface area contributed by atoms with E-state index in [1.165, 1.54) is 33.4 Å². The maximum absolute atomic E-state index is 6.65. The van der Waals surface area contributed by atoms with E-state index in [-0.39, 0.29) is 5.41 Å². The average molecular weight is 924 g/mol. The molecule has 13 aromatic rings. The molecule has 0 saturated heterocycles. The van der Waals surface area contributed by atoms with Gasteiger partial charge in [-0.25, -0.2) is 24.9 Å². The van der Waals surface area contributed by atoms with Gasteiger partial charge in [0.25, 0.3) is 0 Å². The SMILES string of the molecule is CC1(C)c2ccccc2C2(c3ccc(-c4nc(-c5ccc6c(c5)oc5ccccc56)c5oc6ccccc6c5n4)cc3-c3c(-c4nc(-c5ccccc5)nc(-c5ccccc5)n4)cccc32)c2ccccc21. The molecular formula is C65H41N5O2. The highest BCUT2D eigenvalue weighted by atomic mass is 16.3. The van der Waals surface area contributed by atoms with Crippen LogP contribution in [-0.4, -0.2) is 24.9 Å². The van der Waals surface area contributed by atoms with Crippen LogP contribution in [0.3, 0.4) is 0 Å². The monoisotopic (exact) mass is 923 g/mol. The number of hydrogen-bond acceptors (Lipinski definition) is 7. The van der Waals surface area contributed by atoms with E-state index in [1.807, 2.05) is 72.8 Å². The van der Waals surface area contributed by atoms with E-state index in [4.69, 9.17) is 33.8 Å². The van der Waals surface area contributed by atoms with Crippen LogP contribution in [-0.2, 0) is 10.8 Å². The van der Waals surface area contributed by atoms with Crippen LogP contribution in [0.2, 0.25) is 0 Å². The van der Waals surface area contributed by atoms with Crippen LogP contribution in [0.15, 0.2) is 221 Å². The molecule has 1 spiro atoms. The molecule has 0 atom stereocenters. The van der Waals surface area contributed by atoms with Crippen LogP contribution in [0.1, 0.15) is 47.2 Å². The molecule has 0 aliphatic heterocycles. The second-order valence-electron chi connectivity index (χ2n) is 19.5. The molecule has 15 rings (SSSR count). The number of para-hydroxylation sites is 2. The summed E-state index contributed by atoms with van der Waals surface area (Å²) in [4.78, 5) is 26.7. The number of hydrogen-bond donors (Lipinski definition) is 0. The highest BCUT2D eigenvalue weighted by molar-refractivity contribution is 6.10. The molecule has 4 aromatic heterocycles. The second-order valence-corrected chi connectivity index (χ2v) is 19.5. The largest absolute Gasteiger partial charge is 0.456 e. The first-order valence-electron chi connectivity index (χ1n) is 24.4. The van der Waals surface area contributed by atoms with Crippen molar-refractivity contribution in [3.63, 3.8) is 0 Å². The molecule has 9 aromatic carbocycles. The van der Waals surface area contributed by atoms with Crippen molar-refractivity contribution in [2.45, 2.75) is 24.7 Å². The van der Waals surface area contributed by atoms with Crippen molar-refractivity contribution in [2.75, 3.05) is 0 Å². The minimum absolute atomic E-state index is 0.263. The number of benzene rings is 9. The van der Waals surface area contributed by atoms with Crippen LogP contribution < -0.4 is 0 Å². The first-order chi connectivity index (χ1) is 35.4. The molecule has 2 aliphatic carbocycles. The molecule has 0 N–H and O–H groups in total. The third-order valence-corrected chi connectivity index (χ3v) is 15.2. The highest BCUT2D eigenvalue weighted by Gasteiger charge is 2.54. The van der Waals surface area contributed by atoms with Crippen molar-refractivity contribution < 1.29 is 8.83 Å². The van der Waals surface area contributed by atoms with Crippen LogP contribution in [0.5, 0.6) is 0 Å². The lowest BCUT2D eigenvalue weighted by Crippen LogP contribution is -2.40. The quantitative estimate of drug-likeness (QED) is 0.170. The van der Waals surface area contributed by atoms with Gasteiger partial charge in [-0.3, -0.25) is 0 Å². The fraction of sp³-hybridized carbons (Fsp3) is 0.0615. The predicted octanol–water partition coefficient (Wildman–Crippen LogP) is 15.8. The van der Waals surface area contributed by atoms with E-state index < -0.39 is 5.41 Å². The summed E-state index contributed by atoms with van der Waals surface area (Å²) in [5.74, 6) is 2.39. The Kier molecular flexibility index (Phi) is 8.50. The van der Waals surface area contributed by atoms with Crippen LogP contribution in [0, 0.1) is 0 Å². The standard InChI is InChI=1S/C65H41N5O2/c1-64(2)48-25-11-13-27-50(48)65(51-28-14-12-26-49(51)64)47-35-33-41(36-46(47)56-45(24-17-29-52(56)65)63-69-60(38-18-5-3-6-19-38)68-61(70-63)39-20-7-4-8-21-39)62-66-57(59-58(67-62)44-23-10-16-31-54(44)72-59)40-32-34-43-42-22-9-15-30-53(42)71-55(43)37-40/h3-37H,1-2H3. The van der Waals surface area contributed by atoms with Gasteiger partial charge < -0.3 is 8.83 Å². The van der Waals surface area contributed by atoms with Gasteiger partial charge in [0.05, 0.1) is 5.41 Å². The summed E-state index contributed by atoms with van der Waals surface area (Å²) in [6.07, 6.45) is 0. The summed E-state index contributed by atoms with van der Waals surface area (Å²) in [6.45, 7) is 4.71. The minimum atomic E-state index is -0.682. The van der Waals surface area contributed by atoms with Crippen molar-refractivity contribution in [1.82, 2.24) is 24.9 Å². The molecular weight excluding hydrogens is 883 g/mol. The van der Waals surface area contributed by atoms with Crippen LogP contribution in [0.4, 0.5) is 0 Å². The molecule has 0 unspecified atom stereocenters. The Morgan fingerprint density at radius 2 is 0.875 bits per heavy atom. The minimum Gasteiger partial charge on any atom is -0.456 e. The van der Waals surface area contributed by atoms with Gasteiger partial charge in [0.2, 0.25) is 0 Å². The third kappa shape index (κ3) is 5.70. The van der Waals surface area contributed by atoms with E-state index in [0.717, 1.165) is 77.4 Å². The molecule has 4 heterocycles. The topological polar surface area (TPSA) is 90.7 Å². The predicted molar refractivity (Wildman–Crippen MR) is 287 cm³/mol. The molecule has 0 saturated carbocycles. The van der Waals surface area contributed by atoms with Gasteiger partial charge in [-0.05, 0) is 80.9 Å². The van der Waals surface area contributed by atoms with Crippen molar-refractivity contribution in [3.05, 3.63) is 246 Å². The Balaban J connectivity index is 1.02. The van der Waals surface area contributed by atoms with E-state index in [9.17, 15) is 0 Å². The molecule has 338 valence electrons. The highest BCUT2D eigenvalue weighted by Crippen LogP contribution is 2.63. The summed E-state index contributed by atoms with van der Waals surface area (Å²) in [5.41, 5.74) is 17.6. The van der Waals surface area contributed by atoms with E-state index >= 15 is 0 Å². The third-order valence-electron chi connectivity index (χ3n) is 15.2. The number of nitrogens with zero attached hydrogens (tertiary/aromatic N) is 5. The van der Waals surface area contributed by atoms with Gasteiger partial charge >= 0.3 is 0 Å². The number of fused-ring (bicyclic) bond motifs is 15. The Hall–Kier alpha value is -9.33. The molecule has 2 aliphatic rings. The van der Waals surface area contributed by atoms with E-state index in [2.05, 4.69) is 153 Å². The summed E-state index contributed by atoms with van der Waals surface area (Å²) in [5, 5.41) is 3.04. The van der Waals surface area contributed by atoms with Crippen molar-refractivity contribution in [2.24, 2.45) is 0 Å². The number of rotatable bonds is 5. The second kappa shape index (κ2) is 15.1. The van der Waals surface area contributed by atoms with E-state index in [1.54, 1.807) is 0 Å². The summed E-state index contributed by atoms with van der Waals surface area (Å²) < 4.78 is 13.1. The van der Waals surface area contributed by atoms with Crippen LogP contribution in [0.25, 0.3) is 112 Å². The van der Waals surface area contributed by atoms with Crippen LogP contribution >= 0.6 is 0 Å². The van der Waals surface area contributed by atoms with Gasteiger partial charge in [0.1, 0.15) is 28.0 Å². The van der Waals surface area contributed by atoms with Gasteiger partial charge in [0, 0.05) is 49.4 Å². The van der Waals surface area contributed by atoms with Gasteiger partial charge in [0.15, 0.2) is 28.9 Å². The molecule has 0 radical (unpaired) electrons. The van der Waals surface area contributed by atoms with Crippen molar-refractivity contribution in [1.29, 1.82) is 0 Å². The molecule has 7 nitrogen and oxygen atoms in total. The lowest BCUT2D eigenvalue weighted by atomic mass is 9.55. The molecule has 0 bridgehead atoms. The zero-order valence-electron chi connectivity index (χ0n) is 39.3.